The predicted octanol–water partition coefficient (Wildman–Crippen LogP) is 1.82. The molecule has 4 nitrogen and oxygen atoms in total. The van der Waals surface area contributed by atoms with Gasteiger partial charge in [0.2, 0.25) is 0 Å². The Bertz CT molecular complexity index is 567. The second-order valence-corrected chi connectivity index (χ2v) is 8.02. The first-order valence-corrected chi connectivity index (χ1v) is 8.99. The lowest BCUT2D eigenvalue weighted by Gasteiger charge is -2.04. The van der Waals surface area contributed by atoms with Gasteiger partial charge in [0, 0.05) is 31.6 Å². The largest absolute Gasteiger partial charge is 0.395 e. The highest BCUT2D eigenvalue weighted by Crippen LogP contribution is 2.40. The fraction of sp³-hybridized carbons (Fsp3) is 0.500. The summed E-state index contributed by atoms with van der Waals surface area (Å²) >= 11 is 3.49. The minimum absolute atomic E-state index is 0.00745. The van der Waals surface area contributed by atoms with Crippen LogP contribution in [0.1, 0.15) is 20.9 Å². The van der Waals surface area contributed by atoms with E-state index in [9.17, 15) is 0 Å². The molecule has 0 saturated carbocycles. The Balaban J connectivity index is 2.24. The van der Waals surface area contributed by atoms with Crippen LogP contribution in [-0.4, -0.2) is 35.5 Å². The summed E-state index contributed by atoms with van der Waals surface area (Å²) in [5, 5.41) is 18.2. The molecule has 2 rings (SSSR count). The molecule has 2 heterocycles. The molecule has 0 radical (unpaired) electrons. The molecule has 0 fully saturated rings. The molecule has 0 aromatic carbocycles. The summed E-state index contributed by atoms with van der Waals surface area (Å²) in [6.45, 7) is 4.23. The SMILES string of the molecule is Cc1cc(CC(N)CO)sc1-c1sc(CC(N)CO)cc1C. The molecular formula is C16H24N2O2S2. The van der Waals surface area contributed by atoms with Crippen LogP contribution in [0.3, 0.4) is 0 Å². The van der Waals surface area contributed by atoms with E-state index in [1.807, 2.05) is 0 Å². The highest BCUT2D eigenvalue weighted by Gasteiger charge is 2.16. The molecule has 0 spiro atoms. The number of hydrogen-bond acceptors (Lipinski definition) is 6. The Labute approximate surface area is 139 Å². The Morgan fingerprint density at radius 3 is 1.55 bits per heavy atom. The molecule has 6 heteroatoms. The van der Waals surface area contributed by atoms with Gasteiger partial charge in [0.05, 0.1) is 13.2 Å². The molecule has 0 saturated heterocycles. The Hall–Kier alpha value is -0.760. The quantitative estimate of drug-likeness (QED) is 0.618. The van der Waals surface area contributed by atoms with Crippen molar-refractivity contribution in [2.75, 3.05) is 13.2 Å². The zero-order valence-corrected chi connectivity index (χ0v) is 14.6. The average molecular weight is 341 g/mol. The topological polar surface area (TPSA) is 92.5 Å². The molecule has 2 aromatic rings. The van der Waals surface area contributed by atoms with Crippen molar-refractivity contribution < 1.29 is 10.2 Å². The molecule has 2 atom stereocenters. The lowest BCUT2D eigenvalue weighted by atomic mass is 10.1. The second-order valence-electron chi connectivity index (χ2n) is 5.74. The summed E-state index contributed by atoms with van der Waals surface area (Å²) in [4.78, 5) is 4.95. The summed E-state index contributed by atoms with van der Waals surface area (Å²) in [5.74, 6) is 0. The number of thiophene rings is 2. The van der Waals surface area contributed by atoms with Crippen molar-refractivity contribution >= 4 is 22.7 Å². The Kier molecular flexibility index (Phi) is 6.14. The number of nitrogens with two attached hydrogens (primary N) is 2. The van der Waals surface area contributed by atoms with Crippen molar-refractivity contribution in [3.8, 4) is 9.75 Å². The lowest BCUT2D eigenvalue weighted by Crippen LogP contribution is -2.26. The minimum atomic E-state index is -0.201. The molecule has 6 N–H and O–H groups in total. The van der Waals surface area contributed by atoms with Gasteiger partial charge in [0.15, 0.2) is 0 Å². The van der Waals surface area contributed by atoms with Crippen LogP contribution in [0.2, 0.25) is 0 Å². The molecule has 2 aromatic heterocycles. The van der Waals surface area contributed by atoms with Crippen molar-refractivity contribution in [2.24, 2.45) is 11.5 Å². The van der Waals surface area contributed by atoms with Crippen molar-refractivity contribution in [3.05, 3.63) is 33.0 Å². The average Bonchev–Trinajstić information content (AvgIpc) is 3.01. The van der Waals surface area contributed by atoms with E-state index < -0.39 is 0 Å². The van der Waals surface area contributed by atoms with Gasteiger partial charge in [-0.15, -0.1) is 22.7 Å². The minimum Gasteiger partial charge on any atom is -0.395 e. The van der Waals surface area contributed by atoms with Crippen LogP contribution in [0.25, 0.3) is 9.75 Å². The summed E-state index contributed by atoms with van der Waals surface area (Å²) < 4.78 is 0. The standard InChI is InChI=1S/C16H24N2O2S2/c1-9-3-13(5-11(17)7-19)21-15(9)16-10(2)4-14(22-16)6-12(18)8-20/h3-4,11-12,19-20H,5-8,17-18H2,1-2H3. The van der Waals surface area contributed by atoms with Gasteiger partial charge < -0.3 is 21.7 Å². The summed E-state index contributed by atoms with van der Waals surface area (Å²) in [6.07, 6.45) is 1.41. The third kappa shape index (κ3) is 4.16. The van der Waals surface area contributed by atoms with Crippen LogP contribution in [0, 0.1) is 13.8 Å². The van der Waals surface area contributed by atoms with E-state index in [1.54, 1.807) is 22.7 Å². The number of aryl methyl sites for hydroxylation is 2. The van der Waals surface area contributed by atoms with Crippen LogP contribution in [0.15, 0.2) is 12.1 Å². The van der Waals surface area contributed by atoms with Gasteiger partial charge in [0.25, 0.3) is 0 Å². The molecule has 22 heavy (non-hydrogen) atoms. The second kappa shape index (κ2) is 7.68. The van der Waals surface area contributed by atoms with E-state index in [2.05, 4.69) is 26.0 Å². The first-order chi connectivity index (χ1) is 10.4. The monoisotopic (exact) mass is 340 g/mol. The molecule has 122 valence electrons. The van der Waals surface area contributed by atoms with Gasteiger partial charge in [-0.2, -0.15) is 0 Å². The molecule has 0 amide bonds. The maximum Gasteiger partial charge on any atom is 0.0586 e. The van der Waals surface area contributed by atoms with E-state index in [0.29, 0.717) is 12.8 Å². The van der Waals surface area contributed by atoms with Crippen LogP contribution >= 0.6 is 22.7 Å². The smallest absolute Gasteiger partial charge is 0.0586 e. The van der Waals surface area contributed by atoms with Crippen molar-refractivity contribution in [1.82, 2.24) is 0 Å². The zero-order valence-electron chi connectivity index (χ0n) is 13.0. The molecule has 0 aliphatic carbocycles. The third-order valence-corrected chi connectivity index (χ3v) is 6.22. The summed E-state index contributed by atoms with van der Waals surface area (Å²) in [6, 6.07) is 3.92. The Morgan fingerprint density at radius 1 is 0.864 bits per heavy atom. The van der Waals surface area contributed by atoms with Gasteiger partial charge in [0.1, 0.15) is 0 Å². The number of aliphatic hydroxyl groups excluding tert-OH is 2. The van der Waals surface area contributed by atoms with Crippen molar-refractivity contribution in [1.29, 1.82) is 0 Å². The number of aliphatic hydroxyl groups is 2. The van der Waals surface area contributed by atoms with Crippen LogP contribution in [0.5, 0.6) is 0 Å². The van der Waals surface area contributed by atoms with Crippen LogP contribution < -0.4 is 11.5 Å². The lowest BCUT2D eigenvalue weighted by molar-refractivity contribution is 0.265. The zero-order chi connectivity index (χ0) is 16.3. The number of hydrogen-bond donors (Lipinski definition) is 4. The fourth-order valence-electron chi connectivity index (χ4n) is 2.39. The highest BCUT2D eigenvalue weighted by atomic mass is 32.1. The first kappa shape index (κ1) is 17.6. The third-order valence-electron chi connectivity index (χ3n) is 3.54. The molecular weight excluding hydrogens is 316 g/mol. The summed E-state index contributed by atoms with van der Waals surface area (Å²) in [5.41, 5.74) is 14.1. The van der Waals surface area contributed by atoms with E-state index in [1.165, 1.54) is 30.6 Å². The highest BCUT2D eigenvalue weighted by molar-refractivity contribution is 7.22. The van der Waals surface area contributed by atoms with E-state index in [0.717, 1.165) is 0 Å². The van der Waals surface area contributed by atoms with Gasteiger partial charge >= 0.3 is 0 Å². The molecule has 0 aliphatic rings. The van der Waals surface area contributed by atoms with Crippen LogP contribution in [-0.2, 0) is 12.8 Å². The Morgan fingerprint density at radius 2 is 1.23 bits per heavy atom. The first-order valence-electron chi connectivity index (χ1n) is 7.36. The molecule has 0 bridgehead atoms. The van der Waals surface area contributed by atoms with E-state index in [-0.39, 0.29) is 25.3 Å². The van der Waals surface area contributed by atoms with Gasteiger partial charge in [-0.3, -0.25) is 0 Å². The van der Waals surface area contributed by atoms with E-state index >= 15 is 0 Å². The van der Waals surface area contributed by atoms with Crippen molar-refractivity contribution in [2.45, 2.75) is 38.8 Å². The maximum absolute atomic E-state index is 9.09. The van der Waals surface area contributed by atoms with Gasteiger partial charge in [-0.05, 0) is 49.9 Å². The molecule has 0 aliphatic heterocycles. The number of rotatable bonds is 7. The molecule has 2 unspecified atom stereocenters. The van der Waals surface area contributed by atoms with Crippen molar-refractivity contribution in [3.63, 3.8) is 0 Å². The summed E-state index contributed by atoms with van der Waals surface area (Å²) in [7, 11) is 0. The normalized spacial score (nSPS) is 14.3. The van der Waals surface area contributed by atoms with Gasteiger partial charge in [-0.1, -0.05) is 0 Å². The van der Waals surface area contributed by atoms with Crippen LogP contribution in [0.4, 0.5) is 0 Å². The fourth-order valence-corrected chi connectivity index (χ4v) is 5.18. The van der Waals surface area contributed by atoms with Gasteiger partial charge in [-0.25, -0.2) is 0 Å². The predicted molar refractivity (Wildman–Crippen MR) is 94.6 cm³/mol. The maximum atomic E-state index is 9.09. The van der Waals surface area contributed by atoms with E-state index in [4.69, 9.17) is 21.7 Å².